The molecule has 0 unspecified atom stereocenters. The van der Waals surface area contributed by atoms with E-state index in [-0.39, 0.29) is 24.0 Å². The highest BCUT2D eigenvalue weighted by Gasteiger charge is 1.94. The molecule has 0 aromatic carbocycles. The van der Waals surface area contributed by atoms with Gasteiger partial charge in [-0.15, -0.1) is 0 Å². The molecule has 2 heteroatoms. The Bertz CT molecular complexity index is 115. The maximum Gasteiger partial charge on any atom is 0.0766 e. The number of halogens is 1. The molecule has 1 N–H and O–H groups in total. The van der Waals surface area contributed by atoms with Crippen molar-refractivity contribution in [3.05, 3.63) is 0 Å². The maximum absolute atomic E-state index is 2.28. The SMILES string of the molecule is CCCCCCCCCCCC[NH+](C)C.[I-]. The van der Waals surface area contributed by atoms with E-state index in [0.29, 0.717) is 0 Å². The standard InChI is InChI=1S/C14H31N.HI/c1-4-5-6-7-8-9-10-11-12-13-14-15(2)3;/h4-14H2,1-3H3;1H. The predicted molar refractivity (Wildman–Crippen MR) is 69.5 cm³/mol. The molecule has 100 valence electrons. The van der Waals surface area contributed by atoms with Crippen LogP contribution in [-0.2, 0) is 0 Å². The van der Waals surface area contributed by atoms with E-state index in [1.165, 1.54) is 70.8 Å². The molecule has 0 rings (SSSR count). The van der Waals surface area contributed by atoms with Crippen molar-refractivity contribution in [2.75, 3.05) is 20.6 Å². The molecule has 0 fully saturated rings. The molecule has 0 aromatic heterocycles. The van der Waals surface area contributed by atoms with Gasteiger partial charge in [-0.3, -0.25) is 0 Å². The van der Waals surface area contributed by atoms with Crippen LogP contribution >= 0.6 is 0 Å². The average molecular weight is 341 g/mol. The Balaban J connectivity index is 0. The molecule has 0 aliphatic carbocycles. The predicted octanol–water partition coefficient (Wildman–Crippen LogP) is 0.0558. The molecule has 0 spiro atoms. The molecule has 0 heterocycles. The van der Waals surface area contributed by atoms with Crippen molar-refractivity contribution in [2.45, 2.75) is 71.1 Å². The molecule has 0 radical (unpaired) electrons. The third-order valence-corrected chi connectivity index (χ3v) is 3.03. The summed E-state index contributed by atoms with van der Waals surface area (Å²) in [6.45, 7) is 3.63. The first-order chi connectivity index (χ1) is 7.27. The number of quaternary nitrogens is 1. The van der Waals surface area contributed by atoms with Crippen LogP contribution in [0.15, 0.2) is 0 Å². The minimum Gasteiger partial charge on any atom is -1.00 e. The lowest BCUT2D eigenvalue weighted by Crippen LogP contribution is -3.05. The topological polar surface area (TPSA) is 4.44 Å². The van der Waals surface area contributed by atoms with Gasteiger partial charge in [0.15, 0.2) is 0 Å². The second-order valence-corrected chi connectivity index (χ2v) is 5.14. The van der Waals surface area contributed by atoms with E-state index in [2.05, 4.69) is 21.0 Å². The summed E-state index contributed by atoms with van der Waals surface area (Å²) >= 11 is 0. The normalized spacial score (nSPS) is 10.5. The molecule has 0 aliphatic heterocycles. The van der Waals surface area contributed by atoms with Crippen LogP contribution in [0.2, 0.25) is 0 Å². The summed E-state index contributed by atoms with van der Waals surface area (Å²) in [5, 5.41) is 0. The number of hydrogen-bond acceptors (Lipinski definition) is 0. The minimum absolute atomic E-state index is 0. The second kappa shape index (κ2) is 15.7. The van der Waals surface area contributed by atoms with Crippen molar-refractivity contribution in [1.82, 2.24) is 0 Å². The first-order valence-electron chi connectivity index (χ1n) is 7.06. The number of unbranched alkanes of at least 4 members (excludes halogenated alkanes) is 9. The zero-order valence-corrected chi connectivity index (χ0v) is 13.8. The smallest absolute Gasteiger partial charge is 0.0766 e. The van der Waals surface area contributed by atoms with Crippen LogP contribution < -0.4 is 28.9 Å². The van der Waals surface area contributed by atoms with Crippen molar-refractivity contribution >= 4 is 0 Å². The van der Waals surface area contributed by atoms with Gasteiger partial charge in [0.25, 0.3) is 0 Å². The van der Waals surface area contributed by atoms with E-state index >= 15 is 0 Å². The summed E-state index contributed by atoms with van der Waals surface area (Å²) in [6, 6.07) is 0. The zero-order valence-electron chi connectivity index (χ0n) is 11.7. The van der Waals surface area contributed by atoms with Crippen molar-refractivity contribution in [2.24, 2.45) is 0 Å². The van der Waals surface area contributed by atoms with Gasteiger partial charge in [-0.25, -0.2) is 0 Å². The fourth-order valence-corrected chi connectivity index (χ4v) is 1.97. The summed E-state index contributed by atoms with van der Waals surface area (Å²) in [4.78, 5) is 1.59. The zero-order chi connectivity index (χ0) is 11.4. The molecule has 0 aromatic rings. The van der Waals surface area contributed by atoms with E-state index in [4.69, 9.17) is 0 Å². The fourth-order valence-electron chi connectivity index (χ4n) is 1.97. The first-order valence-corrected chi connectivity index (χ1v) is 7.06. The average Bonchev–Trinajstić information content (AvgIpc) is 2.20. The fraction of sp³-hybridized carbons (Fsp3) is 1.00. The Labute approximate surface area is 120 Å². The second-order valence-electron chi connectivity index (χ2n) is 5.14. The number of hydrogen-bond donors (Lipinski definition) is 1. The molecule has 1 nitrogen and oxygen atoms in total. The molecule has 0 saturated carbocycles. The van der Waals surface area contributed by atoms with Crippen molar-refractivity contribution in [3.63, 3.8) is 0 Å². The first kappa shape index (κ1) is 19.0. The van der Waals surface area contributed by atoms with Crippen LogP contribution in [0.5, 0.6) is 0 Å². The van der Waals surface area contributed by atoms with E-state index in [1.807, 2.05) is 0 Å². The summed E-state index contributed by atoms with van der Waals surface area (Å²) in [7, 11) is 4.49. The van der Waals surface area contributed by atoms with Gasteiger partial charge in [0.05, 0.1) is 20.6 Å². The lowest BCUT2D eigenvalue weighted by molar-refractivity contribution is -0.858. The van der Waals surface area contributed by atoms with Crippen LogP contribution in [0.3, 0.4) is 0 Å². The maximum atomic E-state index is 2.28. The van der Waals surface area contributed by atoms with Gasteiger partial charge >= 0.3 is 0 Å². The van der Waals surface area contributed by atoms with Gasteiger partial charge in [0.2, 0.25) is 0 Å². The van der Waals surface area contributed by atoms with Crippen LogP contribution in [0.1, 0.15) is 71.1 Å². The number of rotatable bonds is 11. The summed E-state index contributed by atoms with van der Waals surface area (Å²) < 4.78 is 0. The lowest BCUT2D eigenvalue weighted by Gasteiger charge is -2.06. The molecule has 0 amide bonds. The molecule has 0 atom stereocenters. The lowest BCUT2D eigenvalue weighted by atomic mass is 10.1. The Hall–Kier alpha value is 0.690. The molecule has 16 heavy (non-hydrogen) atoms. The summed E-state index contributed by atoms with van der Waals surface area (Å²) in [5.41, 5.74) is 0. The molecule has 0 bridgehead atoms. The van der Waals surface area contributed by atoms with Gasteiger partial charge in [0, 0.05) is 0 Å². The van der Waals surface area contributed by atoms with Crippen molar-refractivity contribution < 1.29 is 28.9 Å². The van der Waals surface area contributed by atoms with Gasteiger partial charge < -0.3 is 28.9 Å². The van der Waals surface area contributed by atoms with Gasteiger partial charge in [-0.1, -0.05) is 58.3 Å². The molecular weight excluding hydrogens is 309 g/mol. The van der Waals surface area contributed by atoms with E-state index < -0.39 is 0 Å². The van der Waals surface area contributed by atoms with E-state index in [9.17, 15) is 0 Å². The molecular formula is C14H32IN. The van der Waals surface area contributed by atoms with Gasteiger partial charge in [0.1, 0.15) is 0 Å². The van der Waals surface area contributed by atoms with Gasteiger partial charge in [-0.05, 0) is 12.8 Å². The highest BCUT2D eigenvalue weighted by molar-refractivity contribution is 4.46. The highest BCUT2D eigenvalue weighted by atomic mass is 127. The molecule has 0 saturated heterocycles. The largest absolute Gasteiger partial charge is 1.00 e. The Morgan fingerprint density at radius 1 is 0.625 bits per heavy atom. The Kier molecular flexibility index (Phi) is 18.7. The number of nitrogens with one attached hydrogen (secondary N) is 1. The Morgan fingerprint density at radius 2 is 1.00 bits per heavy atom. The van der Waals surface area contributed by atoms with Crippen LogP contribution in [0.25, 0.3) is 0 Å². The minimum atomic E-state index is 0. The monoisotopic (exact) mass is 341 g/mol. The van der Waals surface area contributed by atoms with E-state index in [0.717, 1.165) is 0 Å². The summed E-state index contributed by atoms with van der Waals surface area (Å²) in [5.74, 6) is 0. The quantitative estimate of drug-likeness (QED) is 0.400. The van der Waals surface area contributed by atoms with Crippen molar-refractivity contribution in [3.8, 4) is 0 Å². The third kappa shape index (κ3) is 17.1. The van der Waals surface area contributed by atoms with Crippen LogP contribution in [0, 0.1) is 0 Å². The summed E-state index contributed by atoms with van der Waals surface area (Å²) in [6.07, 6.45) is 14.5. The van der Waals surface area contributed by atoms with Crippen LogP contribution in [0.4, 0.5) is 0 Å². The van der Waals surface area contributed by atoms with Crippen LogP contribution in [-0.4, -0.2) is 20.6 Å². The van der Waals surface area contributed by atoms with Crippen molar-refractivity contribution in [1.29, 1.82) is 0 Å². The third-order valence-electron chi connectivity index (χ3n) is 3.03. The Morgan fingerprint density at radius 3 is 1.38 bits per heavy atom. The van der Waals surface area contributed by atoms with Gasteiger partial charge in [-0.2, -0.15) is 0 Å². The highest BCUT2D eigenvalue weighted by Crippen LogP contribution is 2.09. The van der Waals surface area contributed by atoms with E-state index in [1.54, 1.807) is 4.90 Å². The molecule has 0 aliphatic rings.